The average Bonchev–Trinajstić information content (AvgIpc) is 3.14. The van der Waals surface area contributed by atoms with Crippen LogP contribution >= 0.6 is 0 Å². The number of imidazole rings is 2. The predicted octanol–water partition coefficient (Wildman–Crippen LogP) is 2.41. The molecule has 0 saturated carbocycles. The summed E-state index contributed by atoms with van der Waals surface area (Å²) < 4.78 is 1.93. The Morgan fingerprint density at radius 3 is 2.80 bits per heavy atom. The Labute approximate surface area is 142 Å². The number of para-hydroxylation sites is 2. The molecule has 4 rings (SSSR count). The number of hydrogen-bond acceptors (Lipinski definition) is 3. The summed E-state index contributed by atoms with van der Waals surface area (Å²) >= 11 is 0. The van der Waals surface area contributed by atoms with Gasteiger partial charge in [-0.2, -0.15) is 0 Å². The molecule has 25 heavy (non-hydrogen) atoms. The summed E-state index contributed by atoms with van der Waals surface area (Å²) in [5.41, 5.74) is 3.56. The fourth-order valence-electron chi connectivity index (χ4n) is 3.03. The van der Waals surface area contributed by atoms with E-state index in [0.29, 0.717) is 16.7 Å². The minimum atomic E-state index is -0.268. The summed E-state index contributed by atoms with van der Waals surface area (Å²) in [5, 5.41) is 2.87. The monoisotopic (exact) mass is 335 g/mol. The van der Waals surface area contributed by atoms with Crippen LogP contribution in [0.2, 0.25) is 0 Å². The van der Waals surface area contributed by atoms with Gasteiger partial charge in [0, 0.05) is 12.1 Å². The van der Waals surface area contributed by atoms with E-state index in [2.05, 4.69) is 20.3 Å². The van der Waals surface area contributed by atoms with Gasteiger partial charge in [0.15, 0.2) is 0 Å². The molecule has 0 bridgehead atoms. The molecule has 7 nitrogen and oxygen atoms in total. The second-order valence-electron chi connectivity index (χ2n) is 5.84. The number of aromatic amines is 2. The van der Waals surface area contributed by atoms with Crippen LogP contribution in [0.5, 0.6) is 0 Å². The Bertz CT molecular complexity index is 1140. The van der Waals surface area contributed by atoms with Crippen LogP contribution in [0.1, 0.15) is 12.7 Å². The summed E-state index contributed by atoms with van der Waals surface area (Å²) in [6.45, 7) is 2.21. The van der Waals surface area contributed by atoms with Crippen LogP contribution < -0.4 is 11.0 Å². The van der Waals surface area contributed by atoms with Crippen molar-refractivity contribution in [3.05, 3.63) is 58.8 Å². The van der Waals surface area contributed by atoms with E-state index in [4.69, 9.17) is 0 Å². The molecule has 0 saturated heterocycles. The minimum absolute atomic E-state index is 0.143. The van der Waals surface area contributed by atoms with Crippen molar-refractivity contribution in [3.63, 3.8) is 0 Å². The molecule has 0 aliphatic heterocycles. The van der Waals surface area contributed by atoms with Gasteiger partial charge in [0.05, 0.1) is 22.1 Å². The molecule has 0 aliphatic rings. The highest BCUT2D eigenvalue weighted by atomic mass is 16.2. The van der Waals surface area contributed by atoms with Gasteiger partial charge in [-0.25, -0.2) is 9.78 Å². The second kappa shape index (κ2) is 5.94. The van der Waals surface area contributed by atoms with Gasteiger partial charge in [0.2, 0.25) is 5.91 Å². The first-order valence-corrected chi connectivity index (χ1v) is 8.10. The van der Waals surface area contributed by atoms with Crippen molar-refractivity contribution in [1.29, 1.82) is 0 Å². The van der Waals surface area contributed by atoms with Crippen molar-refractivity contribution in [2.24, 2.45) is 0 Å². The number of amides is 1. The number of benzene rings is 2. The molecule has 1 amide bonds. The number of nitrogens with zero attached hydrogens (tertiary/aromatic N) is 2. The number of aryl methyl sites for hydroxylation is 1. The molecule has 2 aromatic heterocycles. The van der Waals surface area contributed by atoms with Gasteiger partial charge in [0.1, 0.15) is 12.4 Å². The molecular formula is C18H17N5O2. The Morgan fingerprint density at radius 2 is 1.96 bits per heavy atom. The van der Waals surface area contributed by atoms with E-state index in [9.17, 15) is 9.59 Å². The molecule has 0 aliphatic carbocycles. The van der Waals surface area contributed by atoms with Crippen LogP contribution in [-0.4, -0.2) is 25.4 Å². The maximum absolute atomic E-state index is 12.5. The number of anilines is 1. The first-order valence-electron chi connectivity index (χ1n) is 8.10. The molecule has 3 N–H and O–H groups in total. The number of carbonyl (C=O) groups excluding carboxylic acids is 1. The number of fused-ring (bicyclic) bond motifs is 2. The summed E-state index contributed by atoms with van der Waals surface area (Å²) in [7, 11) is 0. The molecule has 4 aromatic rings. The lowest BCUT2D eigenvalue weighted by Gasteiger charge is -2.09. The normalized spacial score (nSPS) is 11.2. The Morgan fingerprint density at radius 1 is 1.16 bits per heavy atom. The Hall–Kier alpha value is -3.35. The van der Waals surface area contributed by atoms with Gasteiger partial charge in [-0.05, 0) is 30.3 Å². The number of rotatable bonds is 4. The van der Waals surface area contributed by atoms with Crippen LogP contribution in [0.3, 0.4) is 0 Å². The van der Waals surface area contributed by atoms with Crippen molar-refractivity contribution >= 4 is 33.7 Å². The zero-order valence-electron chi connectivity index (χ0n) is 13.7. The van der Waals surface area contributed by atoms with Crippen LogP contribution in [0, 0.1) is 0 Å². The number of nitrogens with one attached hydrogen (secondary N) is 3. The smallest absolute Gasteiger partial charge is 0.323 e. The van der Waals surface area contributed by atoms with E-state index in [1.807, 2.05) is 35.8 Å². The van der Waals surface area contributed by atoms with Crippen molar-refractivity contribution < 1.29 is 4.79 Å². The Kier molecular flexibility index (Phi) is 3.61. The minimum Gasteiger partial charge on any atom is -0.324 e. The standard InChI is InChI=1S/C18H17N5O2/c1-2-16-20-13-5-3-4-6-15(13)23(16)10-17(24)19-11-7-8-12-14(9-11)22-18(25)21-12/h3-9H,2,10H2,1H3,(H,19,24)(H2,21,22,25). The summed E-state index contributed by atoms with van der Waals surface area (Å²) in [6.07, 6.45) is 0.749. The quantitative estimate of drug-likeness (QED) is 0.534. The predicted molar refractivity (Wildman–Crippen MR) is 96.7 cm³/mol. The van der Waals surface area contributed by atoms with Crippen LogP contribution in [0.4, 0.5) is 5.69 Å². The van der Waals surface area contributed by atoms with Gasteiger partial charge < -0.3 is 19.9 Å². The fraction of sp³-hybridized carbons (Fsp3) is 0.167. The average molecular weight is 335 g/mol. The van der Waals surface area contributed by atoms with Crippen molar-refractivity contribution in [2.75, 3.05) is 5.32 Å². The number of aromatic nitrogens is 4. The van der Waals surface area contributed by atoms with Crippen molar-refractivity contribution in [1.82, 2.24) is 19.5 Å². The maximum atomic E-state index is 12.5. The summed E-state index contributed by atoms with van der Waals surface area (Å²) in [5.74, 6) is 0.733. The van der Waals surface area contributed by atoms with E-state index in [-0.39, 0.29) is 18.1 Å². The van der Waals surface area contributed by atoms with Gasteiger partial charge >= 0.3 is 5.69 Å². The molecular weight excluding hydrogens is 318 g/mol. The second-order valence-corrected chi connectivity index (χ2v) is 5.84. The molecule has 2 heterocycles. The zero-order chi connectivity index (χ0) is 17.4. The van der Waals surface area contributed by atoms with Gasteiger partial charge in [-0.15, -0.1) is 0 Å². The summed E-state index contributed by atoms with van der Waals surface area (Å²) in [6, 6.07) is 13.0. The molecule has 0 atom stereocenters. The molecule has 0 radical (unpaired) electrons. The third kappa shape index (κ3) is 2.80. The number of hydrogen-bond donors (Lipinski definition) is 3. The van der Waals surface area contributed by atoms with Crippen LogP contribution in [0.25, 0.3) is 22.1 Å². The number of carbonyl (C=O) groups is 1. The molecule has 126 valence electrons. The van der Waals surface area contributed by atoms with Crippen LogP contribution in [0.15, 0.2) is 47.3 Å². The van der Waals surface area contributed by atoms with E-state index >= 15 is 0 Å². The topological polar surface area (TPSA) is 95.6 Å². The van der Waals surface area contributed by atoms with E-state index in [1.54, 1.807) is 18.2 Å². The van der Waals surface area contributed by atoms with Gasteiger partial charge in [-0.3, -0.25) is 4.79 Å². The highest BCUT2D eigenvalue weighted by molar-refractivity contribution is 5.93. The largest absolute Gasteiger partial charge is 0.324 e. The lowest BCUT2D eigenvalue weighted by Crippen LogP contribution is -2.20. The lowest BCUT2D eigenvalue weighted by atomic mass is 10.2. The molecule has 0 fully saturated rings. The molecule has 0 unspecified atom stereocenters. The molecule has 2 aromatic carbocycles. The first-order chi connectivity index (χ1) is 12.1. The number of H-pyrrole nitrogens is 2. The van der Waals surface area contributed by atoms with E-state index in [0.717, 1.165) is 23.3 Å². The Balaban J connectivity index is 1.60. The first kappa shape index (κ1) is 15.2. The zero-order valence-corrected chi connectivity index (χ0v) is 13.7. The fourth-order valence-corrected chi connectivity index (χ4v) is 3.03. The van der Waals surface area contributed by atoms with E-state index in [1.165, 1.54) is 0 Å². The highest BCUT2D eigenvalue weighted by Gasteiger charge is 2.12. The van der Waals surface area contributed by atoms with Gasteiger partial charge in [-0.1, -0.05) is 19.1 Å². The third-order valence-electron chi connectivity index (χ3n) is 4.15. The van der Waals surface area contributed by atoms with Crippen molar-refractivity contribution in [3.8, 4) is 0 Å². The van der Waals surface area contributed by atoms with Crippen molar-refractivity contribution in [2.45, 2.75) is 19.9 Å². The molecule has 7 heteroatoms. The molecule has 0 spiro atoms. The third-order valence-corrected chi connectivity index (χ3v) is 4.15. The van der Waals surface area contributed by atoms with E-state index < -0.39 is 0 Å². The SMILES string of the molecule is CCc1nc2ccccc2n1CC(=O)Nc1ccc2[nH]c(=O)[nH]c2c1. The highest BCUT2D eigenvalue weighted by Crippen LogP contribution is 2.18. The maximum Gasteiger partial charge on any atom is 0.323 e. The lowest BCUT2D eigenvalue weighted by molar-refractivity contribution is -0.116. The van der Waals surface area contributed by atoms with Gasteiger partial charge in [0.25, 0.3) is 0 Å². The summed E-state index contributed by atoms with van der Waals surface area (Å²) in [4.78, 5) is 33.7. The van der Waals surface area contributed by atoms with Crippen LogP contribution in [-0.2, 0) is 17.8 Å².